The summed E-state index contributed by atoms with van der Waals surface area (Å²) in [4.78, 5) is 12.6. The zero-order chi connectivity index (χ0) is 20.0. The van der Waals surface area contributed by atoms with E-state index in [1.165, 1.54) is 6.42 Å². The maximum Gasteiger partial charge on any atom is 0.346 e. The van der Waals surface area contributed by atoms with Crippen LogP contribution in [-0.4, -0.2) is 47.4 Å². The molecule has 2 aliphatic heterocycles. The molecule has 3 saturated carbocycles. The first-order valence-corrected chi connectivity index (χ1v) is 13.4. The lowest BCUT2D eigenvalue weighted by Gasteiger charge is -2.57. The van der Waals surface area contributed by atoms with Crippen LogP contribution in [0.15, 0.2) is 11.6 Å². The van der Waals surface area contributed by atoms with Crippen LogP contribution >= 0.6 is 7.67 Å². The van der Waals surface area contributed by atoms with Crippen molar-refractivity contribution < 1.29 is 13.9 Å². The molecule has 5 fully saturated rings. The van der Waals surface area contributed by atoms with Crippen molar-refractivity contribution in [1.82, 2.24) is 9.34 Å². The Labute approximate surface area is 174 Å². The average Bonchev–Trinajstić information content (AvgIpc) is 3.59. The van der Waals surface area contributed by atoms with E-state index in [1.807, 2.05) is 9.34 Å². The quantitative estimate of drug-likeness (QED) is 0.378. The van der Waals surface area contributed by atoms with Crippen LogP contribution in [0.3, 0.4) is 0 Å². The molecule has 4 aliphatic carbocycles. The van der Waals surface area contributed by atoms with E-state index in [2.05, 4.69) is 19.9 Å². The average molecular weight is 419 g/mol. The molecule has 0 amide bonds. The normalized spacial score (nSPS) is 47.2. The van der Waals surface area contributed by atoms with E-state index >= 15 is 0 Å². The van der Waals surface area contributed by atoms with Crippen molar-refractivity contribution in [2.24, 2.45) is 28.6 Å². The van der Waals surface area contributed by atoms with E-state index in [1.54, 1.807) is 5.57 Å². The number of fused-ring (bicyclic) bond motifs is 5. The monoisotopic (exact) mass is 418 g/mol. The summed E-state index contributed by atoms with van der Waals surface area (Å²) < 4.78 is 23.9. The molecule has 0 bridgehead atoms. The molecule has 6 atom stereocenters. The van der Waals surface area contributed by atoms with Crippen molar-refractivity contribution in [2.45, 2.75) is 71.3 Å². The fourth-order valence-corrected chi connectivity index (χ4v) is 9.97. The topological polar surface area (TPSA) is 49.4 Å². The molecule has 0 aromatic carbocycles. The van der Waals surface area contributed by atoms with E-state index in [4.69, 9.17) is 4.52 Å². The van der Waals surface area contributed by atoms with Gasteiger partial charge in [-0.3, -0.25) is 9.36 Å². The molecule has 0 spiro atoms. The molecule has 0 aromatic heterocycles. The number of hydrogen-bond acceptors (Lipinski definition) is 3. The summed E-state index contributed by atoms with van der Waals surface area (Å²) in [6.07, 6.45) is 11.0. The largest absolute Gasteiger partial charge is 0.346 e. The predicted molar refractivity (Wildman–Crippen MR) is 112 cm³/mol. The molecule has 5 nitrogen and oxygen atoms in total. The van der Waals surface area contributed by atoms with Gasteiger partial charge in [0.2, 0.25) is 0 Å². The minimum atomic E-state index is -2.74. The lowest BCUT2D eigenvalue weighted by atomic mass is 9.48. The zero-order valence-electron chi connectivity index (χ0n) is 17.9. The Balaban J connectivity index is 1.22. The highest BCUT2D eigenvalue weighted by atomic mass is 31.2. The second-order valence-electron chi connectivity index (χ2n) is 11.0. The third-order valence-electron chi connectivity index (χ3n) is 9.62. The third kappa shape index (κ3) is 2.76. The number of rotatable bonds is 4. The van der Waals surface area contributed by atoms with Gasteiger partial charge >= 0.3 is 7.67 Å². The van der Waals surface area contributed by atoms with Crippen molar-refractivity contribution in [3.8, 4) is 0 Å². The first kappa shape index (κ1) is 19.2. The fraction of sp³-hybridized carbons (Fsp3) is 0.870. The number of Topliss-reactive ketones (excluding diaryl/α,β-unsaturated/α-hetero) is 1. The molecule has 6 heteroatoms. The Morgan fingerprint density at radius 2 is 1.66 bits per heavy atom. The highest BCUT2D eigenvalue weighted by molar-refractivity contribution is 7.54. The lowest BCUT2D eigenvalue weighted by Crippen LogP contribution is -2.50. The highest BCUT2D eigenvalue weighted by Crippen LogP contribution is 2.66. The summed E-state index contributed by atoms with van der Waals surface area (Å²) in [7, 11) is -2.74. The van der Waals surface area contributed by atoms with Gasteiger partial charge in [0.05, 0.1) is 6.10 Å². The molecule has 6 rings (SSSR count). The van der Waals surface area contributed by atoms with Crippen molar-refractivity contribution >= 4 is 13.5 Å². The summed E-state index contributed by atoms with van der Waals surface area (Å²) in [6, 6.07) is 0. The number of carbonyl (C=O) groups excluding carboxylic acids is 1. The molecule has 160 valence electrons. The van der Waals surface area contributed by atoms with Gasteiger partial charge in [0.15, 0.2) is 0 Å². The maximum atomic E-state index is 13.4. The van der Waals surface area contributed by atoms with Gasteiger partial charge in [-0.2, -0.15) is 0 Å². The molecule has 2 heterocycles. The summed E-state index contributed by atoms with van der Waals surface area (Å²) in [5, 5.41) is 0. The first-order chi connectivity index (χ1) is 13.8. The van der Waals surface area contributed by atoms with Crippen LogP contribution < -0.4 is 0 Å². The van der Waals surface area contributed by atoms with Crippen molar-refractivity contribution in [3.05, 3.63) is 11.6 Å². The van der Waals surface area contributed by atoms with Crippen LogP contribution in [-0.2, 0) is 13.9 Å². The predicted octanol–water partition coefficient (Wildman–Crippen LogP) is 4.64. The van der Waals surface area contributed by atoms with Crippen molar-refractivity contribution in [3.63, 3.8) is 0 Å². The third-order valence-corrected chi connectivity index (χ3v) is 12.4. The van der Waals surface area contributed by atoms with Gasteiger partial charge in [0, 0.05) is 38.0 Å². The molecule has 6 aliphatic rings. The van der Waals surface area contributed by atoms with Crippen LogP contribution in [0, 0.1) is 28.6 Å². The van der Waals surface area contributed by atoms with Gasteiger partial charge in [-0.05, 0) is 68.1 Å². The van der Waals surface area contributed by atoms with Crippen LogP contribution in [0.1, 0.15) is 65.2 Å². The van der Waals surface area contributed by atoms with Crippen molar-refractivity contribution in [1.29, 1.82) is 0 Å². The van der Waals surface area contributed by atoms with Gasteiger partial charge < -0.3 is 4.52 Å². The van der Waals surface area contributed by atoms with Gasteiger partial charge in [0.1, 0.15) is 5.78 Å². The van der Waals surface area contributed by atoms with Crippen LogP contribution in [0.25, 0.3) is 0 Å². The van der Waals surface area contributed by atoms with Crippen LogP contribution in [0.2, 0.25) is 0 Å². The summed E-state index contributed by atoms with van der Waals surface area (Å²) >= 11 is 0. The van der Waals surface area contributed by atoms with Gasteiger partial charge in [-0.25, -0.2) is 9.34 Å². The van der Waals surface area contributed by atoms with E-state index < -0.39 is 7.67 Å². The Morgan fingerprint density at radius 1 is 1.00 bits per heavy atom. The second-order valence-corrected chi connectivity index (χ2v) is 13.4. The first-order valence-electron chi connectivity index (χ1n) is 11.9. The molecule has 2 saturated heterocycles. The molecule has 0 radical (unpaired) electrons. The highest BCUT2D eigenvalue weighted by Gasteiger charge is 2.59. The molecule has 0 unspecified atom stereocenters. The van der Waals surface area contributed by atoms with Gasteiger partial charge in [-0.15, -0.1) is 0 Å². The van der Waals surface area contributed by atoms with E-state index in [0.717, 1.165) is 71.1 Å². The number of nitrogens with zero attached hydrogens (tertiary/aromatic N) is 2. The summed E-state index contributed by atoms with van der Waals surface area (Å²) in [6.45, 7) is 8.42. The van der Waals surface area contributed by atoms with E-state index in [9.17, 15) is 9.36 Å². The molecular weight excluding hydrogens is 383 g/mol. The standard InChI is InChI=1S/C23H35N2O3P/c1-22-9-7-17(28-29(27,24-11-12-24)25-13-14-25)15-16(22)3-4-18-19-5-6-21(26)23(19,2)10-8-20(18)22/h3,17-20H,4-15H2,1-2H3/t17-,18-,19-,20-,22-,23-/m0/s1. The number of carbonyl (C=O) groups is 1. The fourth-order valence-electron chi connectivity index (χ4n) is 7.59. The van der Waals surface area contributed by atoms with Gasteiger partial charge in [-0.1, -0.05) is 25.5 Å². The Morgan fingerprint density at radius 3 is 2.34 bits per heavy atom. The van der Waals surface area contributed by atoms with Crippen molar-refractivity contribution in [2.75, 3.05) is 26.2 Å². The lowest BCUT2D eigenvalue weighted by molar-refractivity contribution is -0.131. The van der Waals surface area contributed by atoms with Gasteiger partial charge in [0.25, 0.3) is 0 Å². The second kappa shape index (κ2) is 6.28. The zero-order valence-corrected chi connectivity index (χ0v) is 18.8. The van der Waals surface area contributed by atoms with Crippen LogP contribution in [0.4, 0.5) is 0 Å². The molecular formula is C23H35N2O3P. The maximum absolute atomic E-state index is 13.4. The van der Waals surface area contributed by atoms with E-state index in [0.29, 0.717) is 23.5 Å². The Kier molecular flexibility index (Phi) is 4.16. The molecule has 0 aromatic rings. The van der Waals surface area contributed by atoms with E-state index in [-0.39, 0.29) is 16.9 Å². The minimum absolute atomic E-state index is 0.0484. The summed E-state index contributed by atoms with van der Waals surface area (Å²) in [5.74, 6) is 2.49. The number of ketones is 1. The number of allylic oxidation sites excluding steroid dienone is 1. The Bertz CT molecular complexity index is 803. The molecule has 29 heavy (non-hydrogen) atoms. The minimum Gasteiger partial charge on any atom is -0.302 e. The number of hydrogen-bond donors (Lipinski definition) is 0. The molecule has 0 N–H and O–H groups in total. The SMILES string of the molecule is C[C@]12CC[C@H](OP(=O)(N3CC3)N3CC3)CC1=CC[C@@H]1[C@@H]2CC[C@]2(C)C(=O)CC[C@@H]12. The van der Waals surface area contributed by atoms with Crippen LogP contribution in [0.5, 0.6) is 0 Å². The smallest absolute Gasteiger partial charge is 0.302 e. The summed E-state index contributed by atoms with van der Waals surface area (Å²) in [5.41, 5.74) is 1.76. The Hall–Kier alpha value is -0.480.